The average molecular weight is 377 g/mol. The average Bonchev–Trinajstić information content (AvgIpc) is 3.12. The number of pyridine rings is 1. The molecule has 1 atom stereocenters. The fourth-order valence-corrected chi connectivity index (χ4v) is 3.42. The first-order chi connectivity index (χ1) is 13.5. The second kappa shape index (κ2) is 7.44. The van der Waals surface area contributed by atoms with E-state index < -0.39 is 7.12 Å². The van der Waals surface area contributed by atoms with E-state index in [9.17, 15) is 9.82 Å². The van der Waals surface area contributed by atoms with Gasteiger partial charge in [0.15, 0.2) is 5.78 Å². The number of carbonyl (C=O) groups excluding carboxylic acids is 1. The largest absolute Gasteiger partial charge is 0.536 e. The van der Waals surface area contributed by atoms with E-state index in [1.54, 1.807) is 24.5 Å². The number of fused-ring (bicyclic) bond motifs is 1. The lowest BCUT2D eigenvalue weighted by Gasteiger charge is -2.28. The second-order valence-corrected chi connectivity index (χ2v) is 7.05. The van der Waals surface area contributed by atoms with Crippen LogP contribution in [0.2, 0.25) is 5.82 Å². The minimum atomic E-state index is -0.996. The number of nitrogens with zero attached hydrogens (tertiary/aromatic N) is 4. The second-order valence-electron chi connectivity index (χ2n) is 7.05. The number of hydrogen-bond donors (Lipinski definition) is 2. The van der Waals surface area contributed by atoms with Gasteiger partial charge in [-0.1, -0.05) is 23.4 Å². The summed E-state index contributed by atoms with van der Waals surface area (Å²) in [5.41, 5.74) is 8.97. The van der Waals surface area contributed by atoms with E-state index in [1.807, 2.05) is 25.1 Å². The molecule has 0 saturated heterocycles. The number of hydrogen-bond acceptors (Lipinski definition) is 7. The van der Waals surface area contributed by atoms with Crippen molar-refractivity contribution in [1.29, 1.82) is 0 Å². The molecular weight excluding hydrogens is 357 g/mol. The summed E-state index contributed by atoms with van der Waals surface area (Å²) in [6, 6.07) is 9.35. The third kappa shape index (κ3) is 3.75. The number of carbonyl (C=O) groups is 1. The molecule has 9 heteroatoms. The Labute approximate surface area is 162 Å². The fraction of sp³-hybridized carbons (Fsp3) is 0.263. The van der Waals surface area contributed by atoms with Crippen molar-refractivity contribution >= 4 is 18.7 Å². The quantitative estimate of drug-likeness (QED) is 0.650. The van der Waals surface area contributed by atoms with Crippen LogP contribution in [0.15, 0.2) is 42.7 Å². The molecular formula is C19H20BN5O3. The summed E-state index contributed by atoms with van der Waals surface area (Å²) in [6.45, 7) is 2.02. The fourth-order valence-electron chi connectivity index (χ4n) is 3.42. The zero-order valence-electron chi connectivity index (χ0n) is 15.4. The maximum atomic E-state index is 12.5. The Hall–Kier alpha value is -3.20. The van der Waals surface area contributed by atoms with Crippen molar-refractivity contribution in [3.8, 4) is 17.0 Å². The van der Waals surface area contributed by atoms with Crippen LogP contribution in [0.5, 0.6) is 5.75 Å². The Morgan fingerprint density at radius 3 is 3.04 bits per heavy atom. The topological polar surface area (TPSA) is 116 Å². The summed E-state index contributed by atoms with van der Waals surface area (Å²) in [4.78, 5) is 16.5. The van der Waals surface area contributed by atoms with Gasteiger partial charge in [-0.2, -0.15) is 0 Å². The molecule has 0 unspecified atom stereocenters. The van der Waals surface area contributed by atoms with Crippen molar-refractivity contribution in [3.05, 3.63) is 53.9 Å². The SMILES string of the molecule is Cc1cccc2c1OB(O)[C@@H](CC(=O)Cn1cc(-c3ccc(N)nc3)nn1)C2. The van der Waals surface area contributed by atoms with Crippen molar-refractivity contribution in [2.75, 3.05) is 5.73 Å². The highest BCUT2D eigenvalue weighted by molar-refractivity contribution is 6.46. The van der Waals surface area contributed by atoms with Gasteiger partial charge in [-0.25, -0.2) is 9.67 Å². The van der Waals surface area contributed by atoms with Crippen molar-refractivity contribution in [1.82, 2.24) is 20.0 Å². The highest BCUT2D eigenvalue weighted by Gasteiger charge is 2.36. The van der Waals surface area contributed by atoms with Crippen LogP contribution in [-0.4, -0.2) is 37.9 Å². The van der Waals surface area contributed by atoms with Gasteiger partial charge in [0.05, 0.1) is 6.20 Å². The molecule has 0 saturated carbocycles. The lowest BCUT2D eigenvalue weighted by atomic mass is 9.64. The van der Waals surface area contributed by atoms with E-state index in [-0.39, 0.29) is 24.6 Å². The number of Topliss-reactive ketones (excluding diaryl/α,β-unsaturated/α-hetero) is 1. The van der Waals surface area contributed by atoms with Crippen molar-refractivity contribution in [2.24, 2.45) is 0 Å². The molecule has 8 nitrogen and oxygen atoms in total. The summed E-state index contributed by atoms with van der Waals surface area (Å²) in [7, 11) is -0.996. The molecule has 1 aliphatic heterocycles. The maximum Gasteiger partial charge on any atom is 0.526 e. The van der Waals surface area contributed by atoms with Crippen LogP contribution in [0.1, 0.15) is 17.5 Å². The lowest BCUT2D eigenvalue weighted by Crippen LogP contribution is -2.35. The van der Waals surface area contributed by atoms with Gasteiger partial charge in [0.1, 0.15) is 23.8 Å². The van der Waals surface area contributed by atoms with Crippen LogP contribution in [0.3, 0.4) is 0 Å². The smallest absolute Gasteiger partial charge is 0.526 e. The van der Waals surface area contributed by atoms with Crippen LogP contribution >= 0.6 is 0 Å². The highest BCUT2D eigenvalue weighted by Crippen LogP contribution is 2.35. The molecule has 3 heterocycles. The Morgan fingerprint density at radius 2 is 2.25 bits per heavy atom. The van der Waals surface area contributed by atoms with E-state index in [4.69, 9.17) is 10.4 Å². The minimum Gasteiger partial charge on any atom is -0.536 e. The molecule has 3 aromatic rings. The van der Waals surface area contributed by atoms with E-state index in [0.717, 1.165) is 22.4 Å². The molecule has 0 radical (unpaired) electrons. The molecule has 142 valence electrons. The van der Waals surface area contributed by atoms with Crippen molar-refractivity contribution in [2.45, 2.75) is 32.1 Å². The van der Waals surface area contributed by atoms with Gasteiger partial charge in [0.25, 0.3) is 0 Å². The molecule has 28 heavy (non-hydrogen) atoms. The lowest BCUT2D eigenvalue weighted by molar-refractivity contribution is -0.120. The molecule has 0 aliphatic carbocycles. The van der Waals surface area contributed by atoms with Gasteiger partial charge in [0.2, 0.25) is 0 Å². The summed E-state index contributed by atoms with van der Waals surface area (Å²) < 4.78 is 7.14. The molecule has 0 fully saturated rings. The molecule has 1 aliphatic rings. The zero-order valence-corrected chi connectivity index (χ0v) is 15.4. The van der Waals surface area contributed by atoms with E-state index in [0.29, 0.717) is 17.9 Å². The number of nitrogens with two attached hydrogens (primary N) is 1. The summed E-state index contributed by atoms with van der Waals surface area (Å²) in [5.74, 6) is 0.815. The number of anilines is 1. The highest BCUT2D eigenvalue weighted by atomic mass is 16.5. The molecule has 0 amide bonds. The molecule has 2 aromatic heterocycles. The number of nitrogen functional groups attached to an aromatic ring is 1. The van der Waals surface area contributed by atoms with E-state index in [1.165, 1.54) is 4.68 Å². The van der Waals surface area contributed by atoms with Crippen LogP contribution in [-0.2, 0) is 17.8 Å². The Morgan fingerprint density at radius 1 is 1.39 bits per heavy atom. The van der Waals surface area contributed by atoms with Crippen molar-refractivity contribution in [3.63, 3.8) is 0 Å². The zero-order chi connectivity index (χ0) is 19.7. The molecule has 0 spiro atoms. The number of benzene rings is 1. The van der Waals surface area contributed by atoms with Crippen LogP contribution in [0.4, 0.5) is 5.82 Å². The number of aryl methyl sites for hydroxylation is 1. The summed E-state index contributed by atoms with van der Waals surface area (Å²) in [6.07, 6.45) is 4.11. The first-order valence-corrected chi connectivity index (χ1v) is 9.06. The first-order valence-electron chi connectivity index (χ1n) is 9.06. The van der Waals surface area contributed by atoms with Crippen LogP contribution in [0.25, 0.3) is 11.3 Å². The summed E-state index contributed by atoms with van der Waals surface area (Å²) in [5, 5.41) is 18.4. The summed E-state index contributed by atoms with van der Waals surface area (Å²) >= 11 is 0. The molecule has 4 rings (SSSR count). The number of ketones is 1. The van der Waals surface area contributed by atoms with Crippen molar-refractivity contribution < 1.29 is 14.5 Å². The standard InChI is InChI=1S/C19H20BN5O3/c1-12-3-2-4-13-7-15(20(27)28-19(12)13)8-16(26)10-25-11-17(23-24-25)14-5-6-18(21)22-9-14/h2-6,9,11,15,27H,7-8,10H2,1H3,(H2,21,22)/t15-/m1/s1. The number of para-hydroxylation sites is 1. The Balaban J connectivity index is 1.40. The normalized spacial score (nSPS) is 15.8. The molecule has 1 aromatic carbocycles. The predicted octanol–water partition coefficient (Wildman–Crippen LogP) is 1.68. The monoisotopic (exact) mass is 377 g/mol. The maximum absolute atomic E-state index is 12.5. The predicted molar refractivity (Wildman–Crippen MR) is 105 cm³/mol. The molecule has 0 bridgehead atoms. The number of aromatic nitrogens is 4. The van der Waals surface area contributed by atoms with E-state index in [2.05, 4.69) is 15.3 Å². The van der Waals surface area contributed by atoms with Gasteiger partial charge in [-0.15, -0.1) is 5.10 Å². The third-order valence-corrected chi connectivity index (χ3v) is 4.87. The van der Waals surface area contributed by atoms with E-state index >= 15 is 0 Å². The minimum absolute atomic E-state index is 0.0457. The van der Waals surface area contributed by atoms with Gasteiger partial charge in [0, 0.05) is 24.0 Å². The first kappa shape index (κ1) is 18.2. The Kier molecular flexibility index (Phi) is 4.83. The number of rotatable bonds is 5. The Bertz CT molecular complexity index is 1010. The van der Waals surface area contributed by atoms with Gasteiger partial charge in [-0.3, -0.25) is 4.79 Å². The van der Waals surface area contributed by atoms with Gasteiger partial charge in [-0.05, 0) is 36.6 Å². The van der Waals surface area contributed by atoms with Gasteiger partial charge < -0.3 is 15.4 Å². The molecule has 3 N–H and O–H groups in total. The van der Waals surface area contributed by atoms with Gasteiger partial charge >= 0.3 is 7.12 Å². The van der Waals surface area contributed by atoms with Crippen LogP contribution < -0.4 is 10.4 Å². The van der Waals surface area contributed by atoms with Crippen LogP contribution in [0, 0.1) is 6.92 Å². The third-order valence-electron chi connectivity index (χ3n) is 4.87.